The maximum Gasteiger partial charge on any atom is 0.136 e. The third-order valence-corrected chi connectivity index (χ3v) is 12.5. The number of hydrogen-bond donors (Lipinski definition) is 0. The van der Waals surface area contributed by atoms with Crippen molar-refractivity contribution in [2.75, 3.05) is 0 Å². The molecule has 0 fully saturated rings. The summed E-state index contributed by atoms with van der Waals surface area (Å²) < 4.78 is 6.31. The minimum absolute atomic E-state index is 0.160. The van der Waals surface area contributed by atoms with E-state index in [2.05, 4.69) is 208 Å². The van der Waals surface area contributed by atoms with E-state index in [4.69, 9.17) is 4.42 Å². The molecule has 0 aliphatic heterocycles. The molecule has 1 aromatic heterocycles. The lowest BCUT2D eigenvalue weighted by molar-refractivity contribution is 0.660. The van der Waals surface area contributed by atoms with Gasteiger partial charge in [-0.25, -0.2) is 0 Å². The van der Waals surface area contributed by atoms with Crippen LogP contribution in [0.3, 0.4) is 0 Å². The van der Waals surface area contributed by atoms with Gasteiger partial charge in [0.15, 0.2) is 0 Å². The highest BCUT2D eigenvalue weighted by molar-refractivity contribution is 6.26. The van der Waals surface area contributed by atoms with E-state index in [0.717, 1.165) is 23.1 Å². The Morgan fingerprint density at radius 2 is 0.922 bits per heavy atom. The Hall–Kier alpha value is -7.55. The van der Waals surface area contributed by atoms with Crippen molar-refractivity contribution >= 4 is 61.0 Å². The first-order valence-corrected chi connectivity index (χ1v) is 22.4. The van der Waals surface area contributed by atoms with E-state index in [1.165, 1.54) is 93.3 Å². The normalized spacial score (nSPS) is 12.1. The highest BCUT2D eigenvalue weighted by Crippen LogP contribution is 2.48. The molecule has 0 radical (unpaired) electrons. The molecule has 2 heteroatoms. The van der Waals surface area contributed by atoms with Gasteiger partial charge in [-0.15, -0.1) is 0 Å². The summed E-state index contributed by atoms with van der Waals surface area (Å²) in [6, 6.07) is 73.5. The van der Waals surface area contributed by atoms with Gasteiger partial charge in [-0.05, 0) is 120 Å². The van der Waals surface area contributed by atoms with Crippen molar-refractivity contribution < 1.29 is 4.42 Å². The molecule has 0 saturated heterocycles. The van der Waals surface area contributed by atoms with Gasteiger partial charge in [-0.2, -0.15) is 0 Å². The minimum atomic E-state index is 0.160. The molecule has 0 spiro atoms. The number of aliphatic imine (C=N–C) groups is 1. The summed E-state index contributed by atoms with van der Waals surface area (Å²) in [6.07, 6.45) is 0. The Bertz CT molecular complexity index is 3360. The van der Waals surface area contributed by atoms with Gasteiger partial charge in [0.05, 0.1) is 6.54 Å². The number of rotatable bonds is 4. The third kappa shape index (κ3) is 7.77. The molecule has 2 nitrogen and oxygen atoms in total. The average Bonchev–Trinajstić information content (AvgIpc) is 3.84. The quantitative estimate of drug-likeness (QED) is 0.128. The zero-order valence-electron chi connectivity index (χ0n) is 37.4. The lowest BCUT2D eigenvalue weighted by Crippen LogP contribution is -2.14. The van der Waals surface area contributed by atoms with Crippen LogP contribution >= 0.6 is 0 Å². The van der Waals surface area contributed by atoms with Gasteiger partial charge in [-0.3, -0.25) is 4.99 Å². The number of fused-ring (bicyclic) bond motifs is 12. The van der Waals surface area contributed by atoms with Gasteiger partial charge in [0.25, 0.3) is 0 Å². The van der Waals surface area contributed by atoms with Crippen molar-refractivity contribution in [1.29, 1.82) is 0 Å². The fourth-order valence-electron chi connectivity index (χ4n) is 9.53. The maximum absolute atomic E-state index is 6.31. The van der Waals surface area contributed by atoms with Crippen LogP contribution in [0.25, 0.3) is 87.6 Å². The Labute approximate surface area is 377 Å². The molecule has 0 amide bonds. The molecule has 312 valence electrons. The van der Waals surface area contributed by atoms with Gasteiger partial charge in [0.1, 0.15) is 11.2 Å². The Morgan fingerprint density at radius 3 is 1.53 bits per heavy atom. The molecular formula is C62H53NO. The third-order valence-electron chi connectivity index (χ3n) is 12.5. The van der Waals surface area contributed by atoms with E-state index in [0.29, 0.717) is 0 Å². The van der Waals surface area contributed by atoms with Crippen molar-refractivity contribution in [3.63, 3.8) is 0 Å². The number of benzene rings is 10. The molecule has 11 aromatic rings. The van der Waals surface area contributed by atoms with Gasteiger partial charge in [0, 0.05) is 16.2 Å². The number of hydrogen-bond acceptors (Lipinski definition) is 2. The second-order valence-corrected chi connectivity index (χ2v) is 16.8. The van der Waals surface area contributed by atoms with Crippen LogP contribution < -0.4 is 0 Å². The average molecular weight is 828 g/mol. The van der Waals surface area contributed by atoms with Crippen LogP contribution in [0, 0.1) is 6.92 Å². The molecule has 10 aromatic carbocycles. The monoisotopic (exact) mass is 827 g/mol. The largest absolute Gasteiger partial charge is 0.456 e. The second-order valence-electron chi connectivity index (χ2n) is 16.8. The molecule has 0 bridgehead atoms. The van der Waals surface area contributed by atoms with Crippen molar-refractivity contribution in [2.24, 2.45) is 4.99 Å². The highest BCUT2D eigenvalue weighted by atomic mass is 16.3. The zero-order chi connectivity index (χ0) is 44.2. The topological polar surface area (TPSA) is 25.5 Å². The molecule has 0 atom stereocenters. The van der Waals surface area contributed by atoms with Crippen LogP contribution in [0.4, 0.5) is 0 Å². The van der Waals surface area contributed by atoms with Crippen molar-refractivity contribution in [1.82, 2.24) is 0 Å². The number of aryl methyl sites for hydroxylation is 1. The highest BCUT2D eigenvalue weighted by Gasteiger charge is 2.34. The van der Waals surface area contributed by atoms with Gasteiger partial charge in [0.2, 0.25) is 0 Å². The maximum atomic E-state index is 6.31. The predicted molar refractivity (Wildman–Crippen MR) is 277 cm³/mol. The van der Waals surface area contributed by atoms with Crippen molar-refractivity contribution in [3.8, 4) is 33.4 Å². The fourth-order valence-corrected chi connectivity index (χ4v) is 9.53. The van der Waals surface area contributed by atoms with Crippen LogP contribution in [0.15, 0.2) is 216 Å². The SMILES string of the molecule is C=NCc1ccccc1.CC.CC1(C)c2ccccc2-c2ccccc21.Cc1cccc(-c2cccc3oc4ccc(-c5ccc6c7ccccc7c7ccccc7c6c5)cc4c23)c1. The molecule has 1 aliphatic carbocycles. The first-order valence-electron chi connectivity index (χ1n) is 22.4. The first kappa shape index (κ1) is 41.8. The Kier molecular flexibility index (Phi) is 11.8. The summed E-state index contributed by atoms with van der Waals surface area (Å²) in [5, 5.41) is 10.1. The van der Waals surface area contributed by atoms with Crippen LogP contribution in [0.2, 0.25) is 0 Å². The predicted octanol–water partition coefficient (Wildman–Crippen LogP) is 17.6. The summed E-state index contributed by atoms with van der Waals surface area (Å²) in [7, 11) is 0. The molecule has 1 aliphatic rings. The van der Waals surface area contributed by atoms with E-state index < -0.39 is 0 Å². The summed E-state index contributed by atoms with van der Waals surface area (Å²) >= 11 is 0. The molecule has 1 heterocycles. The molecule has 12 rings (SSSR count). The summed E-state index contributed by atoms with van der Waals surface area (Å²) in [5.41, 5.74) is 15.0. The molecule has 0 unspecified atom stereocenters. The lowest BCUT2D eigenvalue weighted by Gasteiger charge is -2.20. The van der Waals surface area contributed by atoms with Crippen LogP contribution in [-0.2, 0) is 12.0 Å². The first-order chi connectivity index (χ1) is 31.4. The van der Waals surface area contributed by atoms with Crippen LogP contribution in [0.5, 0.6) is 0 Å². The van der Waals surface area contributed by atoms with Gasteiger partial charge < -0.3 is 4.42 Å². The Balaban J connectivity index is 0.000000163. The number of nitrogens with zero attached hydrogens (tertiary/aromatic N) is 1. The van der Waals surface area contributed by atoms with E-state index in [1.54, 1.807) is 0 Å². The fraction of sp³-hybridized carbons (Fsp3) is 0.113. The minimum Gasteiger partial charge on any atom is -0.456 e. The van der Waals surface area contributed by atoms with Gasteiger partial charge >= 0.3 is 0 Å². The van der Waals surface area contributed by atoms with Gasteiger partial charge in [-0.1, -0.05) is 215 Å². The van der Waals surface area contributed by atoms with E-state index in [-0.39, 0.29) is 5.41 Å². The summed E-state index contributed by atoms with van der Waals surface area (Å²) in [5.74, 6) is 0. The Morgan fingerprint density at radius 1 is 0.422 bits per heavy atom. The molecule has 64 heavy (non-hydrogen) atoms. The smallest absolute Gasteiger partial charge is 0.136 e. The van der Waals surface area contributed by atoms with Crippen molar-refractivity contribution in [3.05, 3.63) is 229 Å². The summed E-state index contributed by atoms with van der Waals surface area (Å²) in [6.45, 7) is 14.9. The van der Waals surface area contributed by atoms with E-state index in [9.17, 15) is 0 Å². The zero-order valence-corrected chi connectivity index (χ0v) is 37.4. The second kappa shape index (κ2) is 18.0. The molecule has 0 N–H and O–H groups in total. The summed E-state index contributed by atoms with van der Waals surface area (Å²) in [4.78, 5) is 3.76. The van der Waals surface area contributed by atoms with Crippen LogP contribution in [0.1, 0.15) is 49.9 Å². The molecule has 0 saturated carbocycles. The van der Waals surface area contributed by atoms with Crippen molar-refractivity contribution in [2.45, 2.75) is 46.6 Å². The standard InChI is InChI=1S/C37H24O.C15H14.C8H9N.C2H6/c1-23-8-6-9-26(20-23)27-14-7-15-36-37(27)34-22-25(17-19-35(34)38-36)24-16-18-32-30-12-3-2-10-28(30)29-11-4-5-13-31(29)33(32)21-24;1-15(2)13-9-5-3-7-11(13)12-8-4-6-10-14(12)15;1-9-7-8-5-3-2-4-6-8;1-2/h2-22H,1H3;3-10H,1-2H3;2-6H,1,7H2;1-2H3. The molecular weight excluding hydrogens is 775 g/mol. The lowest BCUT2D eigenvalue weighted by atomic mass is 9.82. The number of furan rings is 1. The van der Waals surface area contributed by atoms with E-state index in [1.807, 2.05) is 44.2 Å². The van der Waals surface area contributed by atoms with E-state index >= 15 is 0 Å². The van der Waals surface area contributed by atoms with Crippen LogP contribution in [-0.4, -0.2) is 6.72 Å².